The van der Waals surface area contributed by atoms with Crippen LogP contribution in [0, 0.1) is 0 Å². The van der Waals surface area contributed by atoms with Crippen molar-refractivity contribution < 1.29 is 9.90 Å². The summed E-state index contributed by atoms with van der Waals surface area (Å²) in [6.07, 6.45) is 1.74. The fourth-order valence-electron chi connectivity index (χ4n) is 1.78. The Balaban J connectivity index is 2.07. The molecule has 1 fully saturated rings. The van der Waals surface area contributed by atoms with Crippen molar-refractivity contribution in [2.45, 2.75) is 18.4 Å². The molecule has 0 aromatic heterocycles. The zero-order chi connectivity index (χ0) is 9.76. The molecule has 1 aliphatic carbocycles. The van der Waals surface area contributed by atoms with Crippen LogP contribution in [0.25, 0.3) is 0 Å². The fraction of sp³-hybridized carbons (Fsp3) is 0.300. The molecular formula is C10H10N2O2. The molecule has 4 heteroatoms. The van der Waals surface area contributed by atoms with Crippen LogP contribution in [-0.2, 0) is 4.79 Å². The van der Waals surface area contributed by atoms with Gasteiger partial charge in [0.15, 0.2) is 0 Å². The van der Waals surface area contributed by atoms with E-state index in [-0.39, 0.29) is 17.2 Å². The number of phenolic OH excluding ortho intramolecular Hbond substituents is 1. The lowest BCUT2D eigenvalue weighted by molar-refractivity contribution is -0.117. The first-order valence-electron chi connectivity index (χ1n) is 4.62. The first-order valence-corrected chi connectivity index (χ1v) is 4.62. The second-order valence-corrected chi connectivity index (χ2v) is 3.89. The van der Waals surface area contributed by atoms with E-state index in [1.54, 1.807) is 18.2 Å². The van der Waals surface area contributed by atoms with Crippen molar-refractivity contribution >= 4 is 17.3 Å². The standard InChI is InChI=1S/C10H10N2O2/c13-6-1-2-7-8(5-6)12-10(3-4-10)9(14)11-7/h1-2,5,12-13H,3-4H2,(H,11,14). The van der Waals surface area contributed by atoms with Crippen molar-refractivity contribution in [3.8, 4) is 5.75 Å². The van der Waals surface area contributed by atoms with Crippen LogP contribution in [-0.4, -0.2) is 16.6 Å². The Kier molecular flexibility index (Phi) is 1.21. The van der Waals surface area contributed by atoms with E-state index in [1.807, 2.05) is 0 Å². The molecule has 0 saturated heterocycles. The number of fused-ring (bicyclic) bond motifs is 1. The van der Waals surface area contributed by atoms with Crippen molar-refractivity contribution in [3.05, 3.63) is 18.2 Å². The van der Waals surface area contributed by atoms with Crippen molar-refractivity contribution in [1.29, 1.82) is 0 Å². The molecule has 2 aliphatic rings. The van der Waals surface area contributed by atoms with Gasteiger partial charge < -0.3 is 15.7 Å². The average Bonchev–Trinajstić information content (AvgIpc) is 2.89. The lowest BCUT2D eigenvalue weighted by atomic mass is 10.1. The lowest BCUT2D eigenvalue weighted by Gasteiger charge is -2.26. The van der Waals surface area contributed by atoms with E-state index < -0.39 is 0 Å². The molecule has 1 heterocycles. The Morgan fingerprint density at radius 3 is 2.79 bits per heavy atom. The van der Waals surface area contributed by atoms with E-state index in [4.69, 9.17) is 0 Å². The first-order chi connectivity index (χ1) is 6.70. The number of carbonyl (C=O) groups is 1. The van der Waals surface area contributed by atoms with Gasteiger partial charge in [-0.05, 0) is 25.0 Å². The van der Waals surface area contributed by atoms with Gasteiger partial charge in [-0.15, -0.1) is 0 Å². The highest BCUT2D eigenvalue weighted by Gasteiger charge is 2.52. The van der Waals surface area contributed by atoms with Gasteiger partial charge in [0.05, 0.1) is 11.4 Å². The summed E-state index contributed by atoms with van der Waals surface area (Å²) in [5, 5.41) is 15.3. The molecule has 1 aliphatic heterocycles. The predicted molar refractivity (Wildman–Crippen MR) is 52.3 cm³/mol. The molecule has 1 aromatic carbocycles. The third-order valence-corrected chi connectivity index (χ3v) is 2.81. The van der Waals surface area contributed by atoms with Crippen LogP contribution < -0.4 is 10.6 Å². The Bertz CT molecular complexity index is 424. The number of rotatable bonds is 0. The summed E-state index contributed by atoms with van der Waals surface area (Å²) in [5.41, 5.74) is 1.16. The van der Waals surface area contributed by atoms with Crippen molar-refractivity contribution in [2.75, 3.05) is 10.6 Å². The van der Waals surface area contributed by atoms with Crippen molar-refractivity contribution in [2.24, 2.45) is 0 Å². The molecule has 0 radical (unpaired) electrons. The second kappa shape index (κ2) is 2.20. The number of hydrogen-bond acceptors (Lipinski definition) is 3. The van der Waals surface area contributed by atoms with Crippen molar-refractivity contribution in [1.82, 2.24) is 0 Å². The molecule has 4 nitrogen and oxygen atoms in total. The number of amides is 1. The van der Waals surface area contributed by atoms with Crippen LogP contribution in [0.1, 0.15) is 12.8 Å². The highest BCUT2D eigenvalue weighted by atomic mass is 16.3. The molecule has 72 valence electrons. The summed E-state index contributed by atoms with van der Waals surface area (Å²) in [5.74, 6) is 0.249. The van der Waals surface area contributed by atoms with E-state index >= 15 is 0 Å². The molecule has 3 N–H and O–H groups in total. The molecule has 0 bridgehead atoms. The Labute approximate surface area is 80.9 Å². The normalized spacial score (nSPS) is 21.0. The van der Waals surface area contributed by atoms with Crippen LogP contribution >= 0.6 is 0 Å². The van der Waals surface area contributed by atoms with Gasteiger partial charge in [-0.1, -0.05) is 0 Å². The quantitative estimate of drug-likeness (QED) is 0.540. The minimum atomic E-state index is -0.388. The summed E-state index contributed by atoms with van der Waals surface area (Å²) in [4.78, 5) is 11.6. The predicted octanol–water partition coefficient (Wildman–Crippen LogP) is 1.29. The summed E-state index contributed by atoms with van der Waals surface area (Å²) in [6.45, 7) is 0. The Hall–Kier alpha value is -1.71. The zero-order valence-corrected chi connectivity index (χ0v) is 7.50. The summed E-state index contributed by atoms with van der Waals surface area (Å²) in [6, 6.07) is 4.89. The van der Waals surface area contributed by atoms with Gasteiger partial charge in [0.1, 0.15) is 11.3 Å². The van der Waals surface area contributed by atoms with Gasteiger partial charge in [-0.3, -0.25) is 4.79 Å². The van der Waals surface area contributed by atoms with E-state index in [1.165, 1.54) is 0 Å². The fourth-order valence-corrected chi connectivity index (χ4v) is 1.78. The number of benzene rings is 1. The third-order valence-electron chi connectivity index (χ3n) is 2.81. The molecule has 0 atom stereocenters. The number of hydrogen-bond donors (Lipinski definition) is 3. The van der Waals surface area contributed by atoms with Gasteiger partial charge in [0, 0.05) is 6.07 Å². The summed E-state index contributed by atoms with van der Waals surface area (Å²) in [7, 11) is 0. The van der Waals surface area contributed by atoms with Gasteiger partial charge in [-0.25, -0.2) is 0 Å². The van der Waals surface area contributed by atoms with Crippen molar-refractivity contribution in [3.63, 3.8) is 0 Å². The maximum absolute atomic E-state index is 11.6. The zero-order valence-electron chi connectivity index (χ0n) is 7.50. The second-order valence-electron chi connectivity index (χ2n) is 3.89. The van der Waals surface area contributed by atoms with Crippen LogP contribution in [0.4, 0.5) is 11.4 Å². The van der Waals surface area contributed by atoms with E-state index in [0.717, 1.165) is 24.2 Å². The van der Waals surface area contributed by atoms with Gasteiger partial charge >= 0.3 is 0 Å². The highest BCUT2D eigenvalue weighted by Crippen LogP contribution is 2.45. The van der Waals surface area contributed by atoms with Gasteiger partial charge in [0.25, 0.3) is 0 Å². The molecule has 14 heavy (non-hydrogen) atoms. The van der Waals surface area contributed by atoms with Crippen LogP contribution in [0.5, 0.6) is 5.75 Å². The third kappa shape index (κ3) is 0.907. The Morgan fingerprint density at radius 2 is 2.07 bits per heavy atom. The van der Waals surface area contributed by atoms with Gasteiger partial charge in [-0.2, -0.15) is 0 Å². The minimum absolute atomic E-state index is 0.0377. The topological polar surface area (TPSA) is 61.4 Å². The molecule has 1 aromatic rings. The van der Waals surface area contributed by atoms with Crippen LogP contribution in [0.2, 0.25) is 0 Å². The summed E-state index contributed by atoms with van der Waals surface area (Å²) < 4.78 is 0. The number of nitrogens with one attached hydrogen (secondary N) is 2. The summed E-state index contributed by atoms with van der Waals surface area (Å²) >= 11 is 0. The highest BCUT2D eigenvalue weighted by molar-refractivity contribution is 6.08. The average molecular weight is 190 g/mol. The maximum atomic E-state index is 11.6. The molecule has 3 rings (SSSR count). The number of carbonyl (C=O) groups excluding carboxylic acids is 1. The maximum Gasteiger partial charge on any atom is 0.250 e. The minimum Gasteiger partial charge on any atom is -0.508 e. The lowest BCUT2D eigenvalue weighted by Crippen LogP contribution is -2.40. The number of anilines is 2. The molecular weight excluding hydrogens is 180 g/mol. The number of phenols is 1. The SMILES string of the molecule is O=C1Nc2ccc(O)cc2NC12CC2. The smallest absolute Gasteiger partial charge is 0.250 e. The molecule has 1 saturated carbocycles. The largest absolute Gasteiger partial charge is 0.508 e. The van der Waals surface area contributed by atoms with E-state index in [9.17, 15) is 9.90 Å². The molecule has 0 unspecified atom stereocenters. The van der Waals surface area contributed by atoms with Crippen LogP contribution in [0.3, 0.4) is 0 Å². The van der Waals surface area contributed by atoms with Crippen LogP contribution in [0.15, 0.2) is 18.2 Å². The van der Waals surface area contributed by atoms with E-state index in [0.29, 0.717) is 0 Å². The Morgan fingerprint density at radius 1 is 1.29 bits per heavy atom. The van der Waals surface area contributed by atoms with Gasteiger partial charge in [0.2, 0.25) is 5.91 Å². The first kappa shape index (κ1) is 7.67. The number of aromatic hydroxyl groups is 1. The van der Waals surface area contributed by atoms with E-state index in [2.05, 4.69) is 10.6 Å². The molecule has 1 amide bonds. The molecule has 1 spiro atoms. The monoisotopic (exact) mass is 190 g/mol.